The van der Waals surface area contributed by atoms with Crippen LogP contribution in [-0.2, 0) is 0 Å². The summed E-state index contributed by atoms with van der Waals surface area (Å²) >= 11 is 9.33. The molecule has 14 heavy (non-hydrogen) atoms. The minimum atomic E-state index is -0.700. The summed E-state index contributed by atoms with van der Waals surface area (Å²) in [5.74, 6) is 0.635. The lowest BCUT2D eigenvalue weighted by atomic mass is 9.99. The van der Waals surface area contributed by atoms with E-state index in [1.807, 2.05) is 0 Å². The molecule has 0 radical (unpaired) electrons. The fourth-order valence-electron chi connectivity index (χ4n) is 1.47. The van der Waals surface area contributed by atoms with E-state index in [0.29, 0.717) is 16.3 Å². The van der Waals surface area contributed by atoms with Gasteiger partial charge in [0, 0.05) is 10.6 Å². The van der Waals surface area contributed by atoms with Crippen LogP contribution in [0.25, 0.3) is 0 Å². The normalized spacial score (nSPS) is 25.4. The average molecular weight is 279 g/mol. The second-order valence-corrected chi connectivity index (χ2v) is 4.44. The number of aliphatic hydroxyl groups is 1. The third-order valence-electron chi connectivity index (χ3n) is 2.24. The van der Waals surface area contributed by atoms with Gasteiger partial charge in [-0.15, -0.1) is 0 Å². The second-order valence-electron chi connectivity index (χ2n) is 3.18. The molecular formula is C9H9BrClNO2. The number of fused-ring (bicyclic) bond motifs is 1. The van der Waals surface area contributed by atoms with E-state index in [1.54, 1.807) is 12.1 Å². The molecule has 0 bridgehead atoms. The Kier molecular flexibility index (Phi) is 2.70. The van der Waals surface area contributed by atoms with Crippen LogP contribution in [0.5, 0.6) is 5.75 Å². The van der Waals surface area contributed by atoms with Crippen LogP contribution >= 0.6 is 27.5 Å². The maximum absolute atomic E-state index is 9.52. The summed E-state index contributed by atoms with van der Waals surface area (Å²) in [5.41, 5.74) is 6.49. The van der Waals surface area contributed by atoms with Crippen LogP contribution in [-0.4, -0.2) is 17.8 Å². The van der Waals surface area contributed by atoms with Gasteiger partial charge in [-0.2, -0.15) is 0 Å². The quantitative estimate of drug-likeness (QED) is 0.761. The van der Waals surface area contributed by atoms with Crippen molar-refractivity contribution in [2.24, 2.45) is 5.73 Å². The van der Waals surface area contributed by atoms with E-state index in [1.165, 1.54) is 0 Å². The molecule has 3 N–H and O–H groups in total. The van der Waals surface area contributed by atoms with Crippen LogP contribution in [0.15, 0.2) is 16.6 Å². The van der Waals surface area contributed by atoms with E-state index in [4.69, 9.17) is 22.1 Å². The van der Waals surface area contributed by atoms with Gasteiger partial charge in [0.15, 0.2) is 0 Å². The highest BCUT2D eigenvalue weighted by molar-refractivity contribution is 9.10. The van der Waals surface area contributed by atoms with Crippen LogP contribution in [0.2, 0.25) is 5.02 Å². The molecule has 1 heterocycles. The molecule has 0 saturated carbocycles. The first-order valence-corrected chi connectivity index (χ1v) is 5.32. The molecule has 0 aliphatic carbocycles. The highest BCUT2D eigenvalue weighted by Gasteiger charge is 2.29. The SMILES string of the molecule is N[C@H]1c2c(Cl)ccc(Br)c2OC[C@H]1O. The van der Waals surface area contributed by atoms with Crippen molar-refractivity contribution < 1.29 is 9.84 Å². The Hall–Kier alpha value is -0.290. The van der Waals surface area contributed by atoms with Gasteiger partial charge < -0.3 is 15.6 Å². The minimum absolute atomic E-state index is 0.201. The molecule has 0 unspecified atom stereocenters. The molecular weight excluding hydrogens is 269 g/mol. The highest BCUT2D eigenvalue weighted by Crippen LogP contribution is 2.41. The molecule has 1 aliphatic rings. The topological polar surface area (TPSA) is 55.5 Å². The molecule has 1 aromatic rings. The summed E-state index contributed by atoms with van der Waals surface area (Å²) < 4.78 is 6.16. The van der Waals surface area contributed by atoms with Gasteiger partial charge in [-0.1, -0.05) is 11.6 Å². The maximum Gasteiger partial charge on any atom is 0.139 e. The number of hydrogen-bond acceptors (Lipinski definition) is 3. The summed E-state index contributed by atoms with van der Waals surface area (Å²) in [6.07, 6.45) is -0.700. The van der Waals surface area contributed by atoms with Gasteiger partial charge in [0.1, 0.15) is 18.5 Å². The van der Waals surface area contributed by atoms with Crippen molar-refractivity contribution in [3.8, 4) is 5.75 Å². The van der Waals surface area contributed by atoms with Crippen molar-refractivity contribution in [3.05, 3.63) is 27.2 Å². The largest absolute Gasteiger partial charge is 0.489 e. The molecule has 3 nitrogen and oxygen atoms in total. The Morgan fingerprint density at radius 3 is 3.00 bits per heavy atom. The number of hydrogen-bond donors (Lipinski definition) is 2. The first-order chi connectivity index (χ1) is 6.61. The summed E-state index contributed by atoms with van der Waals surface area (Å²) in [6, 6.07) is 3.04. The fraction of sp³-hybridized carbons (Fsp3) is 0.333. The lowest BCUT2D eigenvalue weighted by Crippen LogP contribution is -2.36. The molecule has 5 heteroatoms. The number of halogens is 2. The van der Waals surface area contributed by atoms with Crippen molar-refractivity contribution in [2.75, 3.05) is 6.61 Å². The number of rotatable bonds is 0. The van der Waals surface area contributed by atoms with Gasteiger partial charge >= 0.3 is 0 Å². The number of nitrogens with two attached hydrogens (primary N) is 1. The van der Waals surface area contributed by atoms with Crippen LogP contribution in [0.3, 0.4) is 0 Å². The van der Waals surface area contributed by atoms with E-state index in [0.717, 1.165) is 4.47 Å². The van der Waals surface area contributed by atoms with Gasteiger partial charge in [0.2, 0.25) is 0 Å². The Bertz CT molecular complexity index is 372. The van der Waals surface area contributed by atoms with Crippen molar-refractivity contribution in [1.82, 2.24) is 0 Å². The Morgan fingerprint density at radius 1 is 1.57 bits per heavy atom. The molecule has 2 atom stereocenters. The summed E-state index contributed by atoms with van der Waals surface area (Å²) in [6.45, 7) is 0.201. The second kappa shape index (κ2) is 3.70. The molecule has 0 spiro atoms. The van der Waals surface area contributed by atoms with E-state index >= 15 is 0 Å². The molecule has 0 aromatic heterocycles. The van der Waals surface area contributed by atoms with Gasteiger partial charge in [0.05, 0.1) is 10.5 Å². The Morgan fingerprint density at radius 2 is 2.29 bits per heavy atom. The van der Waals surface area contributed by atoms with E-state index in [-0.39, 0.29) is 6.61 Å². The lowest BCUT2D eigenvalue weighted by molar-refractivity contribution is 0.0674. The first kappa shape index (κ1) is 10.2. The molecule has 1 aromatic carbocycles. The van der Waals surface area contributed by atoms with E-state index < -0.39 is 12.1 Å². The van der Waals surface area contributed by atoms with Crippen molar-refractivity contribution in [3.63, 3.8) is 0 Å². The van der Waals surface area contributed by atoms with Crippen molar-refractivity contribution in [1.29, 1.82) is 0 Å². The van der Waals surface area contributed by atoms with Gasteiger partial charge in [-0.25, -0.2) is 0 Å². The maximum atomic E-state index is 9.52. The summed E-state index contributed by atoms with van der Waals surface area (Å²) in [5, 5.41) is 10.0. The fourth-order valence-corrected chi connectivity index (χ4v) is 2.21. The predicted octanol–water partition coefficient (Wildman–Crippen LogP) is 1.86. The zero-order valence-electron chi connectivity index (χ0n) is 7.21. The van der Waals surface area contributed by atoms with E-state index in [9.17, 15) is 5.11 Å². The van der Waals surface area contributed by atoms with Crippen LogP contribution in [0.1, 0.15) is 11.6 Å². The zero-order valence-corrected chi connectivity index (χ0v) is 9.55. The monoisotopic (exact) mass is 277 g/mol. The van der Waals surface area contributed by atoms with Crippen LogP contribution < -0.4 is 10.5 Å². The smallest absolute Gasteiger partial charge is 0.139 e. The van der Waals surface area contributed by atoms with Crippen molar-refractivity contribution in [2.45, 2.75) is 12.1 Å². The Labute approximate surface area is 94.9 Å². The summed E-state index contributed by atoms with van der Waals surface area (Å²) in [4.78, 5) is 0. The third-order valence-corrected chi connectivity index (χ3v) is 3.20. The van der Waals surface area contributed by atoms with Gasteiger partial charge in [-0.05, 0) is 28.1 Å². The molecule has 1 aliphatic heterocycles. The minimum Gasteiger partial charge on any atom is -0.489 e. The highest BCUT2D eigenvalue weighted by atomic mass is 79.9. The molecule has 0 fully saturated rings. The van der Waals surface area contributed by atoms with Crippen molar-refractivity contribution >= 4 is 27.5 Å². The molecule has 0 saturated heterocycles. The Balaban J connectivity index is 2.58. The standard InChI is InChI=1S/C9H9BrClNO2/c10-4-1-2-5(11)7-8(12)6(13)3-14-9(4)7/h1-2,6,8,13H,3,12H2/t6-,8-/m1/s1. The van der Waals surface area contributed by atoms with Gasteiger partial charge in [0.25, 0.3) is 0 Å². The van der Waals surface area contributed by atoms with Crippen LogP contribution in [0.4, 0.5) is 0 Å². The molecule has 2 rings (SSSR count). The number of benzene rings is 1. The summed E-state index contributed by atoms with van der Waals surface area (Å²) in [7, 11) is 0. The first-order valence-electron chi connectivity index (χ1n) is 4.15. The van der Waals surface area contributed by atoms with E-state index in [2.05, 4.69) is 15.9 Å². The molecule has 76 valence electrons. The van der Waals surface area contributed by atoms with Crippen LogP contribution in [0, 0.1) is 0 Å². The molecule has 0 amide bonds. The van der Waals surface area contributed by atoms with Gasteiger partial charge in [-0.3, -0.25) is 0 Å². The zero-order chi connectivity index (χ0) is 10.3. The predicted molar refractivity (Wildman–Crippen MR) is 57.6 cm³/mol. The number of aliphatic hydroxyl groups excluding tert-OH is 1. The third kappa shape index (κ3) is 1.52. The lowest BCUT2D eigenvalue weighted by Gasteiger charge is -2.29. The number of ether oxygens (including phenoxy) is 1. The average Bonchev–Trinajstić information content (AvgIpc) is 2.16.